The van der Waals surface area contributed by atoms with Crippen LogP contribution < -0.4 is 4.90 Å². The monoisotopic (exact) mass is 478 g/mol. The van der Waals surface area contributed by atoms with Gasteiger partial charge in [-0.2, -0.15) is 10.5 Å². The summed E-state index contributed by atoms with van der Waals surface area (Å²) in [6.07, 6.45) is 10.4. The number of nitriles is 2. The average molecular weight is 479 g/mol. The van der Waals surface area contributed by atoms with Gasteiger partial charge in [0.25, 0.3) is 0 Å². The van der Waals surface area contributed by atoms with Crippen LogP contribution >= 0.6 is 0 Å². The van der Waals surface area contributed by atoms with Crippen molar-refractivity contribution in [2.75, 3.05) is 0 Å². The van der Waals surface area contributed by atoms with Gasteiger partial charge in [0.05, 0.1) is 24.3 Å². The summed E-state index contributed by atoms with van der Waals surface area (Å²) >= 11 is 0. The van der Waals surface area contributed by atoms with Crippen molar-refractivity contribution in [1.29, 1.82) is 10.5 Å². The Labute approximate surface area is 211 Å². The predicted molar refractivity (Wildman–Crippen MR) is 131 cm³/mol. The van der Waals surface area contributed by atoms with E-state index in [1.54, 1.807) is 18.2 Å². The van der Waals surface area contributed by atoms with E-state index in [4.69, 9.17) is 0 Å². The van der Waals surface area contributed by atoms with Gasteiger partial charge in [0.1, 0.15) is 5.82 Å². The number of benzene rings is 2. The number of hydrogen-bond acceptors (Lipinski definition) is 3. The Kier molecular flexibility index (Phi) is 4.64. The van der Waals surface area contributed by atoms with Crippen LogP contribution in [-0.4, -0.2) is 11.8 Å². The lowest BCUT2D eigenvalue weighted by Gasteiger charge is -2.56. The van der Waals surface area contributed by atoms with Gasteiger partial charge in [-0.25, -0.2) is 4.39 Å². The molecule has 4 aliphatic carbocycles. The standard InChI is InChI=1S/C31H28FN3O/c32-25-8-4-3-7-24(25)26-27(29(36)30-14-19-11-20(15-30)13-21(12-19)16-30)35-10-9-22-5-1-2-6-23(22)28(35)31(26,17-33)18-34/h1-10,19-21,26-28H,11-16H2/p+1/t19?,20?,21?,26-,27+,28-,30?/m0/s1. The van der Waals surface area contributed by atoms with Gasteiger partial charge >= 0.3 is 0 Å². The summed E-state index contributed by atoms with van der Waals surface area (Å²) in [4.78, 5) is 15.7. The minimum absolute atomic E-state index is 0.159. The lowest BCUT2D eigenvalue weighted by atomic mass is 9.47. The highest BCUT2D eigenvalue weighted by molar-refractivity contribution is 5.91. The Morgan fingerprint density at radius 2 is 1.47 bits per heavy atom. The largest absolute Gasteiger partial charge is 0.292 e. The summed E-state index contributed by atoms with van der Waals surface area (Å²) in [6.45, 7) is 0. The van der Waals surface area contributed by atoms with E-state index in [9.17, 15) is 15.3 Å². The first-order valence-electron chi connectivity index (χ1n) is 13.2. The van der Waals surface area contributed by atoms with E-state index in [0.29, 0.717) is 23.3 Å². The smallest absolute Gasteiger partial charge is 0.212 e. The number of nitrogens with zero attached hydrogens (tertiary/aromatic N) is 2. The van der Waals surface area contributed by atoms with Crippen LogP contribution in [-0.2, 0) is 4.79 Å². The molecule has 36 heavy (non-hydrogen) atoms. The maximum Gasteiger partial charge on any atom is 0.212 e. The van der Waals surface area contributed by atoms with Crippen LogP contribution in [0.2, 0.25) is 0 Å². The molecule has 5 fully saturated rings. The minimum atomic E-state index is -1.57. The molecule has 8 rings (SSSR count). The summed E-state index contributed by atoms with van der Waals surface area (Å²) in [5, 5.41) is 21.4. The van der Waals surface area contributed by atoms with Crippen molar-refractivity contribution in [3.05, 3.63) is 77.2 Å². The van der Waals surface area contributed by atoms with Crippen LogP contribution in [0.4, 0.5) is 4.39 Å². The van der Waals surface area contributed by atoms with Gasteiger partial charge in [-0.05, 0) is 74.0 Å². The van der Waals surface area contributed by atoms with Gasteiger partial charge in [-0.3, -0.25) is 9.69 Å². The molecule has 2 aromatic rings. The number of ketones is 1. The van der Waals surface area contributed by atoms with Crippen molar-refractivity contribution < 1.29 is 14.1 Å². The Balaban J connectivity index is 1.44. The molecule has 0 radical (unpaired) electrons. The molecular weight excluding hydrogens is 449 g/mol. The fraction of sp³-hybridized carbons (Fsp3) is 0.452. The van der Waals surface area contributed by atoms with E-state index in [0.717, 1.165) is 35.3 Å². The van der Waals surface area contributed by atoms with Crippen molar-refractivity contribution in [2.24, 2.45) is 28.6 Å². The van der Waals surface area contributed by atoms with Gasteiger partial charge in [0, 0.05) is 16.5 Å². The van der Waals surface area contributed by atoms with E-state index in [1.807, 2.05) is 36.5 Å². The maximum absolute atomic E-state index is 15.5. The van der Waals surface area contributed by atoms with Crippen molar-refractivity contribution in [1.82, 2.24) is 0 Å². The van der Waals surface area contributed by atoms with Gasteiger partial charge in [-0.1, -0.05) is 42.5 Å². The first kappa shape index (κ1) is 22.0. The Morgan fingerprint density at radius 3 is 2.08 bits per heavy atom. The van der Waals surface area contributed by atoms with Crippen molar-refractivity contribution in [3.8, 4) is 12.1 Å². The van der Waals surface area contributed by atoms with Crippen LogP contribution in [0.25, 0.3) is 6.08 Å². The second-order valence-electron chi connectivity index (χ2n) is 12.0. The van der Waals surface area contributed by atoms with Crippen LogP contribution in [0, 0.1) is 57.1 Å². The number of carbonyl (C=O) groups excluding carboxylic acids is 1. The second-order valence-corrected chi connectivity index (χ2v) is 12.0. The molecule has 6 aliphatic rings. The molecule has 4 nitrogen and oxygen atoms in total. The zero-order valence-corrected chi connectivity index (χ0v) is 20.2. The fourth-order valence-electron chi connectivity index (χ4n) is 9.30. The first-order chi connectivity index (χ1) is 17.5. The summed E-state index contributed by atoms with van der Waals surface area (Å²) in [7, 11) is 0. The highest BCUT2D eigenvalue weighted by atomic mass is 19.1. The van der Waals surface area contributed by atoms with Crippen LogP contribution in [0.15, 0.2) is 54.7 Å². The SMILES string of the molecule is N#CC1(C#N)[C@@H]2c3ccccc3C=C[NH+]2[C@@H](C(=O)C23CC4CC(CC(C4)C2)C3)[C@@H]1c1ccccc1F. The van der Waals surface area contributed by atoms with E-state index in [1.165, 1.54) is 25.3 Å². The van der Waals surface area contributed by atoms with Crippen LogP contribution in [0.1, 0.15) is 67.2 Å². The highest BCUT2D eigenvalue weighted by Crippen LogP contribution is 2.62. The Morgan fingerprint density at radius 1 is 0.889 bits per heavy atom. The zero-order valence-electron chi connectivity index (χ0n) is 20.2. The molecule has 0 amide bonds. The number of halogens is 1. The van der Waals surface area contributed by atoms with E-state index in [2.05, 4.69) is 12.1 Å². The lowest BCUT2D eigenvalue weighted by molar-refractivity contribution is -0.886. The molecule has 2 aromatic carbocycles. The molecule has 180 valence electrons. The number of carbonyl (C=O) groups is 1. The molecule has 2 aliphatic heterocycles. The number of rotatable bonds is 3. The number of fused-ring (bicyclic) bond motifs is 3. The van der Waals surface area contributed by atoms with Crippen molar-refractivity contribution >= 4 is 11.9 Å². The number of quaternary nitrogens is 1. The molecular formula is C31H29FN3O+. The maximum atomic E-state index is 15.5. The third-order valence-corrected chi connectivity index (χ3v) is 10.2. The second kappa shape index (κ2) is 7.61. The van der Waals surface area contributed by atoms with E-state index < -0.39 is 34.6 Å². The molecule has 2 heterocycles. The van der Waals surface area contributed by atoms with E-state index >= 15 is 4.39 Å². The number of Topliss-reactive ketones (excluding diaryl/α,β-unsaturated/α-hetero) is 1. The van der Waals surface area contributed by atoms with Gasteiger partial charge in [-0.15, -0.1) is 0 Å². The topological polar surface area (TPSA) is 69.1 Å². The molecule has 1 saturated heterocycles. The highest BCUT2D eigenvalue weighted by Gasteiger charge is 2.71. The summed E-state index contributed by atoms with van der Waals surface area (Å²) in [6, 6.07) is 17.7. The van der Waals surface area contributed by atoms with Crippen molar-refractivity contribution in [2.45, 2.75) is 56.5 Å². The zero-order chi connectivity index (χ0) is 24.7. The predicted octanol–water partition coefficient (Wildman–Crippen LogP) is 4.72. The third-order valence-electron chi connectivity index (χ3n) is 10.2. The molecule has 4 atom stereocenters. The van der Waals surface area contributed by atoms with Gasteiger partial charge < -0.3 is 0 Å². The lowest BCUT2D eigenvalue weighted by Crippen LogP contribution is -3.12. The summed E-state index contributed by atoms with van der Waals surface area (Å²) in [5.41, 5.74) is 0.181. The van der Waals surface area contributed by atoms with Gasteiger partial charge in [0.15, 0.2) is 17.9 Å². The quantitative estimate of drug-likeness (QED) is 0.694. The van der Waals surface area contributed by atoms with Gasteiger partial charge in [0.2, 0.25) is 5.41 Å². The first-order valence-corrected chi connectivity index (χ1v) is 13.2. The fourth-order valence-corrected chi connectivity index (χ4v) is 9.30. The molecule has 1 N–H and O–H groups in total. The van der Waals surface area contributed by atoms with Crippen LogP contribution in [0.5, 0.6) is 0 Å². The van der Waals surface area contributed by atoms with Crippen molar-refractivity contribution in [3.63, 3.8) is 0 Å². The summed E-state index contributed by atoms with van der Waals surface area (Å²) in [5.74, 6) is 0.643. The molecule has 0 aromatic heterocycles. The number of nitrogens with one attached hydrogen (secondary N) is 1. The minimum Gasteiger partial charge on any atom is -0.292 e. The molecule has 4 saturated carbocycles. The molecule has 1 unspecified atom stereocenters. The average Bonchev–Trinajstić information content (AvgIpc) is 3.18. The summed E-state index contributed by atoms with van der Waals surface area (Å²) < 4.78 is 15.5. The molecule has 5 heteroatoms. The Hall–Kier alpha value is -3.28. The van der Waals surface area contributed by atoms with Crippen LogP contribution in [0.3, 0.4) is 0 Å². The normalized spacial score (nSPS) is 38.6. The molecule has 0 spiro atoms. The molecule has 4 bridgehead atoms. The Bertz CT molecular complexity index is 1330. The van der Waals surface area contributed by atoms with E-state index in [-0.39, 0.29) is 5.78 Å². The number of hydrogen-bond donors (Lipinski definition) is 1. The third kappa shape index (κ3) is 2.78.